The minimum atomic E-state index is -0.423. The number of hydrogen-bond donors (Lipinski definition) is 3. The average Bonchev–Trinajstić information content (AvgIpc) is 2.76. The van der Waals surface area contributed by atoms with Crippen molar-refractivity contribution in [2.45, 2.75) is 18.9 Å². The van der Waals surface area contributed by atoms with E-state index in [-0.39, 0.29) is 17.5 Å². The monoisotopic (exact) mass is 390 g/mol. The van der Waals surface area contributed by atoms with Crippen LogP contribution in [0, 0.1) is 0 Å². The summed E-state index contributed by atoms with van der Waals surface area (Å²) in [7, 11) is 0. The molecule has 0 aliphatic carbocycles. The van der Waals surface area contributed by atoms with Crippen LogP contribution >= 0.6 is 0 Å². The number of benzene rings is 1. The summed E-state index contributed by atoms with van der Waals surface area (Å²) in [6.45, 7) is 1.42. The minimum Gasteiger partial charge on any atom is -0.396 e. The lowest BCUT2D eigenvalue weighted by Gasteiger charge is -2.32. The smallest absolute Gasteiger partial charge is 0.276 e. The molecule has 0 atom stereocenters. The Balaban J connectivity index is 1.59. The number of aliphatic hydroxyl groups excluding tert-OH is 1. The molecule has 1 aromatic carbocycles. The highest BCUT2D eigenvalue weighted by atomic mass is 16.3. The van der Waals surface area contributed by atoms with Crippen LogP contribution in [0.25, 0.3) is 11.4 Å². The summed E-state index contributed by atoms with van der Waals surface area (Å²) < 4.78 is 0. The zero-order valence-corrected chi connectivity index (χ0v) is 15.8. The highest BCUT2D eigenvalue weighted by Crippen LogP contribution is 2.28. The van der Waals surface area contributed by atoms with Gasteiger partial charge in [0.05, 0.1) is 35.6 Å². The lowest BCUT2D eigenvalue weighted by Crippen LogP contribution is -2.36. The number of nitrogens with two attached hydrogens (primary N) is 1. The van der Waals surface area contributed by atoms with E-state index in [0.717, 1.165) is 11.3 Å². The molecule has 1 amide bonds. The maximum atomic E-state index is 12.9. The third-order valence-electron chi connectivity index (χ3n) is 4.92. The van der Waals surface area contributed by atoms with Gasteiger partial charge in [-0.05, 0) is 18.9 Å². The first-order valence-electron chi connectivity index (χ1n) is 9.48. The Morgan fingerprint density at radius 2 is 1.90 bits per heavy atom. The highest BCUT2D eigenvalue weighted by molar-refractivity contribution is 6.07. The number of nitrogen functional groups attached to an aromatic ring is 1. The molecule has 0 spiro atoms. The fraction of sp³-hybridized carbons (Fsp3) is 0.238. The van der Waals surface area contributed by atoms with Crippen molar-refractivity contribution in [2.75, 3.05) is 29.0 Å². The van der Waals surface area contributed by atoms with Gasteiger partial charge in [0, 0.05) is 24.8 Å². The molecule has 148 valence electrons. The van der Waals surface area contributed by atoms with Gasteiger partial charge in [-0.15, -0.1) is 0 Å². The Kier molecular flexibility index (Phi) is 5.35. The molecule has 1 aliphatic heterocycles. The van der Waals surface area contributed by atoms with Crippen molar-refractivity contribution in [3.8, 4) is 11.4 Å². The van der Waals surface area contributed by atoms with Gasteiger partial charge in [0.25, 0.3) is 5.91 Å². The number of nitrogens with one attached hydrogen (secondary N) is 1. The second kappa shape index (κ2) is 8.24. The number of aromatic nitrogens is 3. The molecule has 0 saturated carbocycles. The second-order valence-electron chi connectivity index (χ2n) is 6.93. The fourth-order valence-electron chi connectivity index (χ4n) is 3.35. The second-order valence-corrected chi connectivity index (χ2v) is 6.93. The molecule has 4 rings (SSSR count). The Labute approximate surface area is 168 Å². The zero-order chi connectivity index (χ0) is 20.2. The number of pyridine rings is 1. The lowest BCUT2D eigenvalue weighted by atomic mass is 10.1. The van der Waals surface area contributed by atoms with Crippen LogP contribution in [0.15, 0.2) is 55.0 Å². The Morgan fingerprint density at radius 1 is 1.14 bits per heavy atom. The molecule has 0 unspecified atom stereocenters. The van der Waals surface area contributed by atoms with Gasteiger partial charge in [0.2, 0.25) is 0 Å². The molecule has 8 heteroatoms. The van der Waals surface area contributed by atoms with Crippen LogP contribution in [0.5, 0.6) is 0 Å². The fourth-order valence-corrected chi connectivity index (χ4v) is 3.35. The Hall–Kier alpha value is -3.52. The molecule has 1 saturated heterocycles. The van der Waals surface area contributed by atoms with Gasteiger partial charge in [-0.1, -0.05) is 30.3 Å². The average molecular weight is 390 g/mol. The van der Waals surface area contributed by atoms with Crippen LogP contribution in [0.2, 0.25) is 0 Å². The van der Waals surface area contributed by atoms with Crippen molar-refractivity contribution in [2.24, 2.45) is 0 Å². The molecule has 0 bridgehead atoms. The van der Waals surface area contributed by atoms with E-state index in [0.29, 0.717) is 37.4 Å². The number of piperidine rings is 1. The number of hydrogen-bond acceptors (Lipinski definition) is 7. The van der Waals surface area contributed by atoms with Crippen LogP contribution in [-0.4, -0.2) is 45.2 Å². The molecule has 3 aromatic rings. The standard InChI is InChI=1S/C21H22N6O2/c22-16-12-24-20(14-4-2-1-3-5-14)26-19(16)21(29)25-17-13-23-9-6-18(17)27-10-7-15(28)8-11-27/h1-6,9,12-13,15,28H,7-8,10-11,22H2,(H,25,29). The molecule has 1 fully saturated rings. The van der Waals surface area contributed by atoms with E-state index in [1.807, 2.05) is 36.4 Å². The highest BCUT2D eigenvalue weighted by Gasteiger charge is 2.21. The molecule has 1 aliphatic rings. The van der Waals surface area contributed by atoms with Crippen LogP contribution in [-0.2, 0) is 0 Å². The van der Waals surface area contributed by atoms with Crippen LogP contribution in [0.4, 0.5) is 17.1 Å². The van der Waals surface area contributed by atoms with Crippen molar-refractivity contribution in [3.05, 3.63) is 60.7 Å². The van der Waals surface area contributed by atoms with Gasteiger partial charge in [-0.2, -0.15) is 0 Å². The quantitative estimate of drug-likeness (QED) is 0.626. The zero-order valence-electron chi connectivity index (χ0n) is 15.8. The number of anilines is 3. The predicted molar refractivity (Wildman–Crippen MR) is 112 cm³/mol. The van der Waals surface area contributed by atoms with Gasteiger partial charge < -0.3 is 21.1 Å². The van der Waals surface area contributed by atoms with Crippen molar-refractivity contribution < 1.29 is 9.90 Å². The van der Waals surface area contributed by atoms with Gasteiger partial charge >= 0.3 is 0 Å². The minimum absolute atomic E-state index is 0.114. The summed E-state index contributed by atoms with van der Waals surface area (Å²) in [6.07, 6.45) is 5.84. The predicted octanol–water partition coefficient (Wildman–Crippen LogP) is 2.33. The maximum absolute atomic E-state index is 12.9. The lowest BCUT2D eigenvalue weighted by molar-refractivity contribution is 0.102. The van der Waals surface area contributed by atoms with Crippen molar-refractivity contribution >= 4 is 23.0 Å². The summed E-state index contributed by atoms with van der Waals surface area (Å²) in [6, 6.07) is 11.3. The SMILES string of the molecule is Nc1cnc(-c2ccccc2)nc1C(=O)Nc1cnccc1N1CCC(O)CC1. The maximum Gasteiger partial charge on any atom is 0.276 e. The first-order valence-corrected chi connectivity index (χ1v) is 9.48. The summed E-state index contributed by atoms with van der Waals surface area (Å²) >= 11 is 0. The third-order valence-corrected chi connectivity index (χ3v) is 4.92. The van der Waals surface area contributed by atoms with Crippen molar-refractivity contribution in [1.29, 1.82) is 0 Å². The van der Waals surface area contributed by atoms with E-state index >= 15 is 0 Å². The Bertz CT molecular complexity index is 1000. The summed E-state index contributed by atoms with van der Waals surface area (Å²) in [5.41, 5.74) is 8.53. The number of amides is 1. The van der Waals surface area contributed by atoms with Crippen LogP contribution in [0.3, 0.4) is 0 Å². The van der Waals surface area contributed by atoms with Crippen molar-refractivity contribution in [1.82, 2.24) is 15.0 Å². The first-order chi connectivity index (χ1) is 14.1. The van der Waals surface area contributed by atoms with Crippen molar-refractivity contribution in [3.63, 3.8) is 0 Å². The van der Waals surface area contributed by atoms with Gasteiger partial charge in [-0.25, -0.2) is 9.97 Å². The van der Waals surface area contributed by atoms with Gasteiger partial charge in [0.15, 0.2) is 11.5 Å². The van der Waals surface area contributed by atoms with E-state index in [2.05, 4.69) is 25.2 Å². The summed E-state index contributed by atoms with van der Waals surface area (Å²) in [5, 5.41) is 12.6. The van der Waals surface area contributed by atoms with E-state index in [1.165, 1.54) is 6.20 Å². The molecule has 3 heterocycles. The van der Waals surface area contributed by atoms with E-state index in [4.69, 9.17) is 5.73 Å². The number of carbonyl (C=O) groups is 1. The van der Waals surface area contributed by atoms with Gasteiger partial charge in [-0.3, -0.25) is 9.78 Å². The largest absolute Gasteiger partial charge is 0.396 e. The molecular formula is C21H22N6O2. The number of nitrogens with zero attached hydrogens (tertiary/aromatic N) is 4. The van der Waals surface area contributed by atoms with E-state index in [1.54, 1.807) is 12.4 Å². The molecule has 2 aromatic heterocycles. The first kappa shape index (κ1) is 18.8. The topological polar surface area (TPSA) is 117 Å². The molecule has 4 N–H and O–H groups in total. The molecular weight excluding hydrogens is 368 g/mol. The molecule has 8 nitrogen and oxygen atoms in total. The third kappa shape index (κ3) is 4.17. The molecule has 29 heavy (non-hydrogen) atoms. The van der Waals surface area contributed by atoms with Crippen LogP contribution in [0.1, 0.15) is 23.3 Å². The molecule has 0 radical (unpaired) electrons. The Morgan fingerprint density at radius 3 is 2.66 bits per heavy atom. The summed E-state index contributed by atoms with van der Waals surface area (Å²) in [5.74, 6) is 0.00903. The number of aliphatic hydroxyl groups is 1. The van der Waals surface area contributed by atoms with E-state index < -0.39 is 5.91 Å². The van der Waals surface area contributed by atoms with Crippen LogP contribution < -0.4 is 16.0 Å². The van der Waals surface area contributed by atoms with Gasteiger partial charge in [0.1, 0.15) is 0 Å². The number of carbonyl (C=O) groups excluding carboxylic acids is 1. The normalized spacial score (nSPS) is 14.6. The summed E-state index contributed by atoms with van der Waals surface area (Å²) in [4.78, 5) is 27.8. The number of rotatable bonds is 4. The van der Waals surface area contributed by atoms with E-state index in [9.17, 15) is 9.90 Å².